The summed E-state index contributed by atoms with van der Waals surface area (Å²) in [5.74, 6) is -4.63. The van der Waals surface area contributed by atoms with Gasteiger partial charge in [-0.2, -0.15) is 13.2 Å². The Balaban J connectivity index is 2.28. The average molecular weight is 404 g/mol. The van der Waals surface area contributed by atoms with Gasteiger partial charge in [0.2, 0.25) is 0 Å². The van der Waals surface area contributed by atoms with E-state index in [2.05, 4.69) is 0 Å². The molecule has 1 aromatic carbocycles. The molecule has 1 heterocycles. The number of rotatable bonds is 1. The minimum atomic E-state index is -4.96. The number of aliphatic hydroxyl groups is 1. The molecule has 3 rings (SSSR count). The maximum Gasteiger partial charge on any atom is 0.418 e. The van der Waals surface area contributed by atoms with Gasteiger partial charge in [-0.25, -0.2) is 13.2 Å². The van der Waals surface area contributed by atoms with Gasteiger partial charge in [0.25, 0.3) is 5.92 Å². The quantitative estimate of drug-likeness (QED) is 0.489. The maximum atomic E-state index is 13.7. The number of halogens is 8. The van der Waals surface area contributed by atoms with Gasteiger partial charge in [-0.1, -0.05) is 23.2 Å². The van der Waals surface area contributed by atoms with Crippen molar-refractivity contribution in [2.75, 3.05) is 0 Å². The molecule has 1 N–H and O–H groups in total. The number of hydrogen-bond donors (Lipinski definition) is 1. The van der Waals surface area contributed by atoms with Crippen molar-refractivity contribution in [2.45, 2.75) is 31.0 Å². The van der Waals surface area contributed by atoms with E-state index in [-0.39, 0.29) is 11.4 Å². The molecule has 0 fully saturated rings. The Morgan fingerprint density at radius 1 is 1.16 bits per heavy atom. The first-order chi connectivity index (χ1) is 11.4. The average Bonchev–Trinajstić information content (AvgIpc) is 2.88. The molecule has 0 radical (unpaired) electrons. The summed E-state index contributed by atoms with van der Waals surface area (Å²) in [6.45, 7) is 0. The van der Waals surface area contributed by atoms with E-state index in [0.717, 1.165) is 16.7 Å². The van der Waals surface area contributed by atoms with Crippen molar-refractivity contribution in [3.63, 3.8) is 0 Å². The molecule has 1 aliphatic carbocycles. The van der Waals surface area contributed by atoms with E-state index in [1.54, 1.807) is 0 Å². The van der Waals surface area contributed by atoms with Gasteiger partial charge in [-0.15, -0.1) is 0 Å². The second kappa shape index (κ2) is 5.82. The summed E-state index contributed by atoms with van der Waals surface area (Å²) in [6, 6.07) is 2.06. The third-order valence-electron chi connectivity index (χ3n) is 4.07. The zero-order valence-corrected chi connectivity index (χ0v) is 13.7. The predicted molar refractivity (Wildman–Crippen MR) is 79.0 cm³/mol. The molecule has 1 aromatic heterocycles. The molecule has 136 valence electrons. The van der Waals surface area contributed by atoms with Gasteiger partial charge in [0.15, 0.2) is 5.82 Å². The van der Waals surface area contributed by atoms with Crippen LogP contribution in [0.3, 0.4) is 0 Å². The Morgan fingerprint density at radius 3 is 2.24 bits per heavy atom. The summed E-state index contributed by atoms with van der Waals surface area (Å²) >= 11 is 11.3. The molecule has 1 aliphatic rings. The monoisotopic (exact) mass is 403 g/mol. The molecule has 0 amide bonds. The van der Waals surface area contributed by atoms with Crippen molar-refractivity contribution >= 4 is 23.2 Å². The smallest absolute Gasteiger partial charge is 0.382 e. The van der Waals surface area contributed by atoms with Crippen LogP contribution >= 0.6 is 23.2 Å². The molecular weight excluding hydrogens is 395 g/mol. The molecule has 25 heavy (non-hydrogen) atoms. The van der Waals surface area contributed by atoms with Gasteiger partial charge in [0, 0.05) is 29.6 Å². The number of fused-ring (bicyclic) bond motifs is 1. The van der Waals surface area contributed by atoms with Crippen molar-refractivity contribution in [2.24, 2.45) is 0 Å². The van der Waals surface area contributed by atoms with Crippen LogP contribution in [0.2, 0.25) is 10.0 Å². The lowest BCUT2D eigenvalue weighted by Crippen LogP contribution is -2.33. The summed E-state index contributed by atoms with van der Waals surface area (Å²) < 4.78 is 81.7. The molecule has 0 aliphatic heterocycles. The number of aromatic nitrogens is 1. The highest BCUT2D eigenvalue weighted by molar-refractivity contribution is 6.35. The second-order valence-electron chi connectivity index (χ2n) is 5.66. The van der Waals surface area contributed by atoms with Crippen LogP contribution in [0.5, 0.6) is 0 Å². The molecule has 2 aromatic rings. The van der Waals surface area contributed by atoms with Gasteiger partial charge in [-0.3, -0.25) is 0 Å². The van der Waals surface area contributed by atoms with E-state index >= 15 is 0 Å². The normalized spacial score (nSPS) is 19.8. The third-order valence-corrected chi connectivity index (χ3v) is 4.62. The molecule has 1 unspecified atom stereocenters. The number of benzene rings is 1. The van der Waals surface area contributed by atoms with E-state index in [4.69, 9.17) is 23.2 Å². The number of aliphatic hydroxyl groups excluding tert-OH is 1. The molecule has 2 nitrogen and oxygen atoms in total. The lowest BCUT2D eigenvalue weighted by Gasteiger charge is -2.29. The highest BCUT2D eigenvalue weighted by Gasteiger charge is 2.50. The first kappa shape index (κ1) is 18.4. The minimum Gasteiger partial charge on any atom is -0.382 e. The Hall–Kier alpha value is -1.38. The number of hydrogen-bond acceptors (Lipinski definition) is 1. The predicted octanol–water partition coefficient (Wildman–Crippen LogP) is 5.56. The van der Waals surface area contributed by atoms with Gasteiger partial charge in [0.05, 0.1) is 15.6 Å². The van der Waals surface area contributed by atoms with E-state index in [1.807, 2.05) is 0 Å². The molecule has 1 atom stereocenters. The topological polar surface area (TPSA) is 25.2 Å². The van der Waals surface area contributed by atoms with Gasteiger partial charge in [0.1, 0.15) is 6.10 Å². The van der Waals surface area contributed by atoms with Crippen LogP contribution in [0, 0.1) is 5.82 Å². The van der Waals surface area contributed by atoms with Crippen LogP contribution in [0.15, 0.2) is 18.3 Å². The lowest BCUT2D eigenvalue weighted by molar-refractivity contribution is -0.147. The van der Waals surface area contributed by atoms with Crippen molar-refractivity contribution < 1.29 is 31.4 Å². The first-order valence-electron chi connectivity index (χ1n) is 6.95. The van der Waals surface area contributed by atoms with Crippen molar-refractivity contribution in [3.8, 4) is 5.69 Å². The van der Waals surface area contributed by atoms with E-state index in [9.17, 15) is 31.4 Å². The Labute approximate surface area is 147 Å². The first-order valence-corrected chi connectivity index (χ1v) is 7.71. The van der Waals surface area contributed by atoms with Gasteiger partial charge < -0.3 is 9.67 Å². The van der Waals surface area contributed by atoms with Crippen LogP contribution < -0.4 is 0 Å². The second-order valence-corrected chi connectivity index (χ2v) is 6.47. The van der Waals surface area contributed by atoms with Crippen molar-refractivity contribution in [1.82, 2.24) is 4.57 Å². The van der Waals surface area contributed by atoms with Gasteiger partial charge >= 0.3 is 6.18 Å². The molecule has 0 saturated carbocycles. The van der Waals surface area contributed by atoms with E-state index < -0.39 is 58.0 Å². The minimum absolute atomic E-state index is 0.0273. The zero-order chi connectivity index (χ0) is 18.7. The fourth-order valence-electron chi connectivity index (χ4n) is 2.89. The summed E-state index contributed by atoms with van der Waals surface area (Å²) in [5.41, 5.74) is -2.45. The standard InChI is InChI=1S/C15H9Cl2F6NO/c16-8-3-6(4-9(17)12(8)18)24-5-7(15(21,22)23)11-10(24)1-2-14(19,20)13(11)25/h3-5,13,25H,1-2H2. The highest BCUT2D eigenvalue weighted by atomic mass is 35.5. The zero-order valence-electron chi connectivity index (χ0n) is 12.1. The largest absolute Gasteiger partial charge is 0.418 e. The highest BCUT2D eigenvalue weighted by Crippen LogP contribution is 2.48. The van der Waals surface area contributed by atoms with Crippen LogP contribution in [-0.2, 0) is 12.6 Å². The molecule has 0 bridgehead atoms. The summed E-state index contributed by atoms with van der Waals surface area (Å²) in [4.78, 5) is 0. The van der Waals surface area contributed by atoms with Crippen LogP contribution in [0.1, 0.15) is 29.3 Å². The molecular formula is C15H9Cl2F6NO. The summed E-state index contributed by atoms with van der Waals surface area (Å²) in [5, 5.41) is 8.91. The van der Waals surface area contributed by atoms with Crippen molar-refractivity contribution in [3.05, 3.63) is 51.0 Å². The van der Waals surface area contributed by atoms with E-state index in [1.165, 1.54) is 0 Å². The maximum absolute atomic E-state index is 13.7. The number of alkyl halides is 5. The SMILES string of the molecule is OC1c2c(C(F)(F)F)cn(-c3cc(Cl)c(F)c(Cl)c3)c2CCC1(F)F. The van der Waals surface area contributed by atoms with Crippen molar-refractivity contribution in [1.29, 1.82) is 0 Å². The molecule has 0 spiro atoms. The number of nitrogens with zero attached hydrogens (tertiary/aromatic N) is 1. The Kier molecular flexibility index (Phi) is 4.29. The fraction of sp³-hybridized carbons (Fsp3) is 0.333. The molecule has 10 heteroatoms. The third kappa shape index (κ3) is 3.00. The summed E-state index contributed by atoms with van der Waals surface area (Å²) in [6.07, 6.45) is -8.22. The van der Waals surface area contributed by atoms with Crippen LogP contribution in [0.25, 0.3) is 5.69 Å². The Bertz CT molecular complexity index is 822. The summed E-state index contributed by atoms with van der Waals surface area (Å²) in [7, 11) is 0. The van der Waals surface area contributed by atoms with Crippen LogP contribution in [0.4, 0.5) is 26.3 Å². The fourth-order valence-corrected chi connectivity index (χ4v) is 3.37. The molecule has 0 saturated heterocycles. The van der Waals surface area contributed by atoms with Gasteiger partial charge in [-0.05, 0) is 18.6 Å². The van der Waals surface area contributed by atoms with Crippen LogP contribution in [-0.4, -0.2) is 15.6 Å². The Morgan fingerprint density at radius 2 is 1.72 bits per heavy atom. The lowest BCUT2D eigenvalue weighted by atomic mass is 9.89. The van der Waals surface area contributed by atoms with E-state index in [0.29, 0.717) is 6.20 Å².